The van der Waals surface area contributed by atoms with Gasteiger partial charge >= 0.3 is 5.97 Å². The molecule has 0 saturated carbocycles. The number of hydrogen-bond donors (Lipinski definition) is 1. The monoisotopic (exact) mass is 252 g/mol. The first-order chi connectivity index (χ1) is 8.13. The van der Waals surface area contributed by atoms with Gasteiger partial charge < -0.3 is 28.8 Å². The van der Waals surface area contributed by atoms with Gasteiger partial charge in [-0.25, -0.2) is 0 Å². The van der Waals surface area contributed by atoms with Crippen LogP contribution in [0.25, 0.3) is 0 Å². The Morgan fingerprint density at radius 1 is 1.06 bits per heavy atom. The molecule has 0 aliphatic carbocycles. The second kappa shape index (κ2) is 9.76. The molecule has 0 aliphatic heterocycles. The molecule has 0 heterocycles. The Hall–Kier alpha value is -0.240. The number of hydrogen-bond acceptors (Lipinski definition) is 6. The maximum Gasteiger partial charge on any atom is 0.310 e. The van der Waals surface area contributed by atoms with E-state index in [-0.39, 0.29) is 13.2 Å². The van der Waals surface area contributed by atoms with Crippen LogP contribution in [0.2, 0.25) is 0 Å². The van der Waals surface area contributed by atoms with Crippen molar-refractivity contribution in [2.45, 2.75) is 25.9 Å². The van der Waals surface area contributed by atoms with Crippen molar-refractivity contribution in [1.29, 1.82) is 0 Å². The highest BCUT2D eigenvalue weighted by Gasteiger charge is 2.38. The van der Waals surface area contributed by atoms with E-state index in [1.54, 1.807) is 7.11 Å². The second-order valence-corrected chi connectivity index (χ2v) is 3.37. The fourth-order valence-electron chi connectivity index (χ4n) is 1.23. The van der Waals surface area contributed by atoms with E-state index in [9.17, 15) is 5.11 Å². The molecule has 1 N–H and O–H groups in total. The summed E-state index contributed by atoms with van der Waals surface area (Å²) in [6.07, 6.45) is -0.925. The Morgan fingerprint density at radius 2 is 1.65 bits per heavy atom. The first-order valence-corrected chi connectivity index (χ1v) is 5.70. The van der Waals surface area contributed by atoms with Gasteiger partial charge in [0.15, 0.2) is 0 Å². The summed E-state index contributed by atoms with van der Waals surface area (Å²) < 4.78 is 25.9. The van der Waals surface area contributed by atoms with Gasteiger partial charge in [0.1, 0.15) is 6.10 Å². The van der Waals surface area contributed by atoms with E-state index in [2.05, 4.69) is 0 Å². The number of ether oxygens (including phenoxy) is 5. The van der Waals surface area contributed by atoms with Crippen molar-refractivity contribution in [2.24, 2.45) is 0 Å². The number of methoxy groups -OCH3 is 2. The normalized spacial score (nSPS) is 16.8. The molecule has 104 valence electrons. The summed E-state index contributed by atoms with van der Waals surface area (Å²) in [6.45, 7) is 5.41. The number of aliphatic hydroxyl groups excluding tert-OH is 1. The molecule has 17 heavy (non-hydrogen) atoms. The van der Waals surface area contributed by atoms with E-state index in [0.717, 1.165) is 0 Å². The first kappa shape index (κ1) is 16.8. The molecule has 0 radical (unpaired) electrons. The van der Waals surface area contributed by atoms with Crippen LogP contribution in [-0.2, 0) is 23.7 Å². The Balaban J connectivity index is 4.17. The molecule has 6 heteroatoms. The van der Waals surface area contributed by atoms with Crippen LogP contribution in [0.3, 0.4) is 0 Å². The lowest BCUT2D eigenvalue weighted by molar-refractivity contribution is -0.405. The highest BCUT2D eigenvalue weighted by molar-refractivity contribution is 4.65. The Morgan fingerprint density at radius 3 is 2.06 bits per heavy atom. The van der Waals surface area contributed by atoms with Crippen molar-refractivity contribution in [3.05, 3.63) is 0 Å². The zero-order valence-corrected chi connectivity index (χ0v) is 11.1. The lowest BCUT2D eigenvalue weighted by atomic mass is 10.3. The number of rotatable bonds is 11. The van der Waals surface area contributed by atoms with Crippen LogP contribution in [-0.4, -0.2) is 64.4 Å². The topological polar surface area (TPSA) is 66.4 Å². The van der Waals surface area contributed by atoms with Crippen LogP contribution in [0.15, 0.2) is 0 Å². The van der Waals surface area contributed by atoms with Crippen LogP contribution < -0.4 is 0 Å². The van der Waals surface area contributed by atoms with Gasteiger partial charge in [-0.15, -0.1) is 0 Å². The molecular formula is C11H24O6. The molecule has 2 unspecified atom stereocenters. The van der Waals surface area contributed by atoms with Crippen LogP contribution in [0.4, 0.5) is 0 Å². The molecule has 0 aromatic rings. The van der Waals surface area contributed by atoms with Gasteiger partial charge in [-0.1, -0.05) is 0 Å². The van der Waals surface area contributed by atoms with Crippen molar-refractivity contribution in [3.63, 3.8) is 0 Å². The van der Waals surface area contributed by atoms with Crippen LogP contribution in [0, 0.1) is 0 Å². The van der Waals surface area contributed by atoms with Gasteiger partial charge in [-0.3, -0.25) is 0 Å². The van der Waals surface area contributed by atoms with Gasteiger partial charge in [0.2, 0.25) is 0 Å². The van der Waals surface area contributed by atoms with Crippen molar-refractivity contribution in [1.82, 2.24) is 0 Å². The predicted octanol–water partition coefficient (Wildman–Crippen LogP) is 0.383. The van der Waals surface area contributed by atoms with E-state index in [4.69, 9.17) is 23.7 Å². The standard InChI is InChI=1S/C11H24O6/c1-5-15-7-9-17-11(14-4,10(2)12)16-8-6-13-3/h10,12H,5-9H2,1-4H3. The molecular weight excluding hydrogens is 228 g/mol. The second-order valence-electron chi connectivity index (χ2n) is 3.37. The first-order valence-electron chi connectivity index (χ1n) is 5.70. The Labute approximate surface area is 103 Å². The highest BCUT2D eigenvalue weighted by Crippen LogP contribution is 2.19. The van der Waals surface area contributed by atoms with E-state index in [1.807, 2.05) is 6.92 Å². The third kappa shape index (κ3) is 6.30. The minimum absolute atomic E-state index is 0.268. The highest BCUT2D eigenvalue weighted by atomic mass is 16.9. The SMILES string of the molecule is CCOCCOC(OC)(OCCOC)C(C)O. The molecule has 0 fully saturated rings. The zero-order chi connectivity index (χ0) is 13.1. The average Bonchev–Trinajstić information content (AvgIpc) is 2.32. The molecule has 0 bridgehead atoms. The number of aliphatic hydroxyl groups is 1. The van der Waals surface area contributed by atoms with E-state index in [1.165, 1.54) is 14.0 Å². The van der Waals surface area contributed by atoms with Crippen LogP contribution >= 0.6 is 0 Å². The molecule has 2 atom stereocenters. The van der Waals surface area contributed by atoms with Gasteiger partial charge in [0, 0.05) is 20.8 Å². The summed E-state index contributed by atoms with van der Waals surface area (Å²) in [5, 5.41) is 9.66. The minimum Gasteiger partial charge on any atom is -0.385 e. The minimum atomic E-state index is -1.46. The fourth-order valence-corrected chi connectivity index (χ4v) is 1.23. The molecule has 0 saturated heterocycles. The van der Waals surface area contributed by atoms with Crippen molar-refractivity contribution in [2.75, 3.05) is 47.3 Å². The summed E-state index contributed by atoms with van der Waals surface area (Å²) in [7, 11) is 2.98. The van der Waals surface area contributed by atoms with Gasteiger partial charge in [0.25, 0.3) is 0 Å². The van der Waals surface area contributed by atoms with Gasteiger partial charge in [0.05, 0.1) is 26.4 Å². The molecule has 0 rings (SSSR count). The van der Waals surface area contributed by atoms with Crippen molar-refractivity contribution >= 4 is 0 Å². The summed E-state index contributed by atoms with van der Waals surface area (Å²) >= 11 is 0. The third-order valence-corrected chi connectivity index (χ3v) is 2.12. The summed E-state index contributed by atoms with van der Waals surface area (Å²) in [6, 6.07) is 0. The molecule has 6 nitrogen and oxygen atoms in total. The van der Waals surface area contributed by atoms with Crippen molar-refractivity contribution < 1.29 is 28.8 Å². The molecule has 0 aromatic carbocycles. The van der Waals surface area contributed by atoms with Crippen molar-refractivity contribution in [3.8, 4) is 0 Å². The molecule has 0 aromatic heterocycles. The fraction of sp³-hybridized carbons (Fsp3) is 1.00. The van der Waals surface area contributed by atoms with E-state index >= 15 is 0 Å². The van der Waals surface area contributed by atoms with Gasteiger partial charge in [-0.05, 0) is 13.8 Å². The summed E-state index contributed by atoms with van der Waals surface area (Å²) in [5.74, 6) is -1.46. The quantitative estimate of drug-likeness (QED) is 0.424. The lowest BCUT2D eigenvalue weighted by Crippen LogP contribution is -2.49. The van der Waals surface area contributed by atoms with E-state index < -0.39 is 12.1 Å². The van der Waals surface area contributed by atoms with Crippen LogP contribution in [0.5, 0.6) is 0 Å². The zero-order valence-electron chi connectivity index (χ0n) is 11.1. The smallest absolute Gasteiger partial charge is 0.310 e. The Bertz CT molecular complexity index is 175. The maximum atomic E-state index is 9.66. The maximum absolute atomic E-state index is 9.66. The van der Waals surface area contributed by atoms with Crippen LogP contribution in [0.1, 0.15) is 13.8 Å². The molecule has 0 spiro atoms. The lowest BCUT2D eigenvalue weighted by Gasteiger charge is -2.34. The molecule has 0 aliphatic rings. The third-order valence-electron chi connectivity index (χ3n) is 2.12. The Kier molecular flexibility index (Phi) is 9.62. The summed E-state index contributed by atoms with van der Waals surface area (Å²) in [5.41, 5.74) is 0. The largest absolute Gasteiger partial charge is 0.385 e. The predicted molar refractivity (Wildman–Crippen MR) is 61.7 cm³/mol. The average molecular weight is 252 g/mol. The molecule has 0 amide bonds. The van der Waals surface area contributed by atoms with E-state index in [0.29, 0.717) is 19.8 Å². The van der Waals surface area contributed by atoms with Gasteiger partial charge in [-0.2, -0.15) is 0 Å². The summed E-state index contributed by atoms with van der Waals surface area (Å²) in [4.78, 5) is 0.